The molecule has 2 aromatic carbocycles. The summed E-state index contributed by atoms with van der Waals surface area (Å²) in [6.07, 6.45) is 0.636. The van der Waals surface area contributed by atoms with Crippen molar-refractivity contribution in [2.24, 2.45) is 0 Å². The minimum atomic E-state index is -0.379. The maximum absolute atomic E-state index is 13.9. The molecule has 0 radical (unpaired) electrons. The fourth-order valence-electron chi connectivity index (χ4n) is 3.10. The van der Waals surface area contributed by atoms with Crippen LogP contribution >= 0.6 is 0 Å². The number of carbonyl (C=O) groups is 1. The van der Waals surface area contributed by atoms with Gasteiger partial charge >= 0.3 is 0 Å². The molecule has 0 bridgehead atoms. The third kappa shape index (κ3) is 3.32. The lowest BCUT2D eigenvalue weighted by molar-refractivity contribution is -0.119. The van der Waals surface area contributed by atoms with Crippen LogP contribution in [0.2, 0.25) is 0 Å². The minimum Gasteiger partial charge on any atom is -0.392 e. The van der Waals surface area contributed by atoms with Crippen LogP contribution < -0.4 is 10.2 Å². The number of halogens is 1. The highest BCUT2D eigenvalue weighted by atomic mass is 19.1. The molecule has 1 aliphatic rings. The van der Waals surface area contributed by atoms with Gasteiger partial charge in [0.2, 0.25) is 5.91 Å². The zero-order valence-corrected chi connectivity index (χ0v) is 13.6. The van der Waals surface area contributed by atoms with Crippen molar-refractivity contribution in [2.75, 3.05) is 11.4 Å². The highest BCUT2D eigenvalue weighted by Crippen LogP contribution is 2.26. The predicted molar refractivity (Wildman–Crippen MR) is 91.1 cm³/mol. The van der Waals surface area contributed by atoms with Crippen molar-refractivity contribution in [3.8, 4) is 0 Å². The molecule has 0 aromatic heterocycles. The lowest BCUT2D eigenvalue weighted by Crippen LogP contribution is -2.39. The number of rotatable bonds is 5. The van der Waals surface area contributed by atoms with E-state index < -0.39 is 0 Å². The van der Waals surface area contributed by atoms with Crippen LogP contribution in [0.25, 0.3) is 0 Å². The topological polar surface area (TPSA) is 52.6 Å². The van der Waals surface area contributed by atoms with Crippen LogP contribution in [-0.2, 0) is 11.4 Å². The van der Waals surface area contributed by atoms with E-state index in [4.69, 9.17) is 0 Å². The Labute approximate surface area is 140 Å². The molecule has 0 aliphatic carbocycles. The summed E-state index contributed by atoms with van der Waals surface area (Å²) >= 11 is 0. The number of anilines is 1. The summed E-state index contributed by atoms with van der Waals surface area (Å²) in [5.41, 5.74) is 2.19. The first kappa shape index (κ1) is 16.6. The molecular weight excluding hydrogens is 307 g/mol. The molecule has 1 saturated heterocycles. The summed E-state index contributed by atoms with van der Waals surface area (Å²) in [6, 6.07) is 13.6. The van der Waals surface area contributed by atoms with E-state index in [2.05, 4.69) is 5.32 Å². The number of hydrogen-bond acceptors (Lipinski definition) is 3. The highest BCUT2D eigenvalue weighted by molar-refractivity contribution is 5.99. The average Bonchev–Trinajstić information content (AvgIpc) is 2.96. The van der Waals surface area contributed by atoms with Crippen molar-refractivity contribution in [2.45, 2.75) is 32.0 Å². The molecule has 5 heteroatoms. The SMILES string of the molecule is CC(NC1CCN(c2ccccc2F)C1=O)c1cccc(CO)c1. The number of para-hydroxylation sites is 1. The fourth-order valence-corrected chi connectivity index (χ4v) is 3.10. The Morgan fingerprint density at radius 3 is 2.83 bits per heavy atom. The van der Waals surface area contributed by atoms with Crippen LogP contribution in [0.4, 0.5) is 10.1 Å². The smallest absolute Gasteiger partial charge is 0.244 e. The predicted octanol–water partition coefficient (Wildman–Crippen LogP) is 2.77. The van der Waals surface area contributed by atoms with Crippen molar-refractivity contribution >= 4 is 11.6 Å². The Morgan fingerprint density at radius 2 is 2.08 bits per heavy atom. The molecule has 1 fully saturated rings. The Morgan fingerprint density at radius 1 is 1.29 bits per heavy atom. The number of amides is 1. The summed E-state index contributed by atoms with van der Waals surface area (Å²) < 4.78 is 13.9. The standard InChI is InChI=1S/C19H21FN2O2/c1-13(15-6-4-5-14(11-15)12-23)21-17-9-10-22(19(17)24)18-8-3-2-7-16(18)20/h2-8,11,13,17,21,23H,9-10,12H2,1H3. The molecular formula is C19H21FN2O2. The number of aliphatic hydroxyl groups excluding tert-OH is 1. The van der Waals surface area contributed by atoms with Crippen LogP contribution in [0.3, 0.4) is 0 Å². The molecule has 0 saturated carbocycles. The van der Waals surface area contributed by atoms with E-state index in [1.54, 1.807) is 18.2 Å². The molecule has 1 heterocycles. The number of nitrogens with one attached hydrogen (secondary N) is 1. The van der Waals surface area contributed by atoms with Gasteiger partial charge in [0, 0.05) is 12.6 Å². The largest absolute Gasteiger partial charge is 0.392 e. The summed E-state index contributed by atoms with van der Waals surface area (Å²) in [4.78, 5) is 14.1. The Kier molecular flexibility index (Phi) is 4.92. The average molecular weight is 328 g/mol. The van der Waals surface area contributed by atoms with Gasteiger partial charge < -0.3 is 10.0 Å². The first-order valence-corrected chi connectivity index (χ1v) is 8.12. The van der Waals surface area contributed by atoms with E-state index in [9.17, 15) is 14.3 Å². The van der Waals surface area contributed by atoms with Gasteiger partial charge in [-0.2, -0.15) is 0 Å². The number of hydrogen-bond donors (Lipinski definition) is 2. The van der Waals surface area contributed by atoms with Gasteiger partial charge in [0.05, 0.1) is 18.3 Å². The second-order valence-corrected chi connectivity index (χ2v) is 6.07. The van der Waals surface area contributed by atoms with Gasteiger partial charge in [0.25, 0.3) is 0 Å². The summed E-state index contributed by atoms with van der Waals surface area (Å²) in [5, 5.41) is 12.6. The van der Waals surface area contributed by atoms with Gasteiger partial charge in [-0.05, 0) is 36.6 Å². The van der Waals surface area contributed by atoms with Gasteiger partial charge in [0.1, 0.15) is 5.82 Å². The number of nitrogens with zero attached hydrogens (tertiary/aromatic N) is 1. The van der Waals surface area contributed by atoms with Gasteiger partial charge in [-0.3, -0.25) is 10.1 Å². The van der Waals surface area contributed by atoms with E-state index in [0.717, 1.165) is 11.1 Å². The second-order valence-electron chi connectivity index (χ2n) is 6.07. The van der Waals surface area contributed by atoms with Crippen molar-refractivity contribution in [3.63, 3.8) is 0 Å². The molecule has 0 spiro atoms. The number of aliphatic hydroxyl groups is 1. The normalized spacial score (nSPS) is 18.9. The maximum Gasteiger partial charge on any atom is 0.244 e. The summed E-state index contributed by atoms with van der Waals surface area (Å²) in [6.45, 7) is 2.47. The van der Waals surface area contributed by atoms with E-state index in [1.807, 2.05) is 31.2 Å². The lowest BCUT2D eigenvalue weighted by atomic mass is 10.0. The second kappa shape index (κ2) is 7.11. The van der Waals surface area contributed by atoms with E-state index in [1.165, 1.54) is 11.0 Å². The van der Waals surface area contributed by atoms with Gasteiger partial charge in [-0.25, -0.2) is 4.39 Å². The van der Waals surface area contributed by atoms with Crippen LogP contribution in [0.1, 0.15) is 30.5 Å². The molecule has 2 N–H and O–H groups in total. The summed E-state index contributed by atoms with van der Waals surface area (Å²) in [5.74, 6) is -0.486. The van der Waals surface area contributed by atoms with Crippen molar-refractivity contribution < 1.29 is 14.3 Å². The maximum atomic E-state index is 13.9. The minimum absolute atomic E-state index is 0.00994. The van der Waals surface area contributed by atoms with Gasteiger partial charge in [-0.15, -0.1) is 0 Å². The van der Waals surface area contributed by atoms with Crippen molar-refractivity contribution in [1.82, 2.24) is 5.32 Å². The van der Waals surface area contributed by atoms with E-state index >= 15 is 0 Å². The monoisotopic (exact) mass is 328 g/mol. The highest BCUT2D eigenvalue weighted by Gasteiger charge is 2.34. The summed E-state index contributed by atoms with van der Waals surface area (Å²) in [7, 11) is 0. The van der Waals surface area contributed by atoms with E-state index in [0.29, 0.717) is 18.7 Å². The molecule has 3 rings (SSSR count). The third-order valence-corrected chi connectivity index (χ3v) is 4.43. The molecule has 1 amide bonds. The van der Waals surface area contributed by atoms with E-state index in [-0.39, 0.29) is 30.4 Å². The zero-order chi connectivity index (χ0) is 17.1. The molecule has 2 atom stereocenters. The van der Waals surface area contributed by atoms with Crippen LogP contribution in [0.5, 0.6) is 0 Å². The van der Waals surface area contributed by atoms with Crippen LogP contribution in [0, 0.1) is 5.82 Å². The van der Waals surface area contributed by atoms with Gasteiger partial charge in [-0.1, -0.05) is 36.4 Å². The van der Waals surface area contributed by atoms with Crippen LogP contribution in [-0.4, -0.2) is 23.6 Å². The molecule has 4 nitrogen and oxygen atoms in total. The Bertz CT molecular complexity index is 735. The third-order valence-electron chi connectivity index (χ3n) is 4.43. The fraction of sp³-hybridized carbons (Fsp3) is 0.316. The lowest BCUT2D eigenvalue weighted by Gasteiger charge is -2.21. The number of benzene rings is 2. The first-order chi connectivity index (χ1) is 11.6. The van der Waals surface area contributed by atoms with Gasteiger partial charge in [0.15, 0.2) is 0 Å². The Hall–Kier alpha value is -2.24. The van der Waals surface area contributed by atoms with Crippen molar-refractivity contribution in [3.05, 3.63) is 65.5 Å². The molecule has 126 valence electrons. The molecule has 1 aliphatic heterocycles. The first-order valence-electron chi connectivity index (χ1n) is 8.12. The molecule has 2 aromatic rings. The Balaban J connectivity index is 1.70. The van der Waals surface area contributed by atoms with Crippen molar-refractivity contribution in [1.29, 1.82) is 0 Å². The molecule has 2 unspecified atom stereocenters. The molecule has 24 heavy (non-hydrogen) atoms. The van der Waals surface area contributed by atoms with Crippen LogP contribution in [0.15, 0.2) is 48.5 Å². The number of carbonyl (C=O) groups excluding carboxylic acids is 1. The zero-order valence-electron chi connectivity index (χ0n) is 13.6. The quantitative estimate of drug-likeness (QED) is 0.887.